The molecule has 1 aromatic carbocycles. The van der Waals surface area contributed by atoms with Crippen molar-refractivity contribution in [2.75, 3.05) is 12.8 Å². The molecule has 2 aromatic rings. The summed E-state index contributed by atoms with van der Waals surface area (Å²) in [5.74, 6) is -0.903. The molecule has 0 fully saturated rings. The first-order valence-corrected chi connectivity index (χ1v) is 5.48. The molecule has 1 aliphatic heterocycles. The quantitative estimate of drug-likeness (QED) is 0.514. The number of nitrogens with two attached hydrogens (primary N) is 1. The Hall–Kier alpha value is -2.83. The summed E-state index contributed by atoms with van der Waals surface area (Å²) in [5.41, 5.74) is 10.2. The van der Waals surface area contributed by atoms with Crippen LogP contribution in [0.1, 0.15) is 26.4 Å². The van der Waals surface area contributed by atoms with Crippen molar-refractivity contribution in [3.63, 3.8) is 0 Å². The van der Waals surface area contributed by atoms with Crippen LogP contribution in [0.25, 0.3) is 10.9 Å². The molecule has 96 valence electrons. The monoisotopic (exact) mass is 258 g/mol. The minimum Gasteiger partial charge on any atom is -0.464 e. The second-order valence-corrected chi connectivity index (χ2v) is 4.10. The molecule has 0 radical (unpaired) electrons. The maximum absolute atomic E-state index is 11.9. The van der Waals surface area contributed by atoms with Gasteiger partial charge in [-0.05, 0) is 12.1 Å². The Morgan fingerprint density at radius 3 is 2.95 bits per heavy atom. The van der Waals surface area contributed by atoms with E-state index in [1.807, 2.05) is 0 Å². The first-order valence-electron chi connectivity index (χ1n) is 5.48. The zero-order chi connectivity index (χ0) is 13.6. The van der Waals surface area contributed by atoms with Gasteiger partial charge in [0.15, 0.2) is 0 Å². The van der Waals surface area contributed by atoms with E-state index in [9.17, 15) is 9.59 Å². The van der Waals surface area contributed by atoms with Crippen molar-refractivity contribution in [3.8, 4) is 0 Å². The summed E-state index contributed by atoms with van der Waals surface area (Å²) in [6.45, 7) is 0. The van der Waals surface area contributed by atoms with E-state index in [4.69, 9.17) is 10.5 Å². The van der Waals surface area contributed by atoms with Gasteiger partial charge in [-0.2, -0.15) is 5.10 Å². The molecule has 4 N–H and O–H groups in total. The van der Waals surface area contributed by atoms with Crippen LogP contribution in [0.15, 0.2) is 17.2 Å². The number of aromatic amines is 1. The van der Waals surface area contributed by atoms with E-state index >= 15 is 0 Å². The molecule has 7 nitrogen and oxygen atoms in total. The smallest absolute Gasteiger partial charge is 0.355 e. The number of ether oxygens (including phenoxy) is 1. The molecule has 0 saturated carbocycles. The standard InChI is InChI=1S/C12H10N4O3/c1-19-12(18)10-7-4-14-16-11(17)6-2-5(13)3-8(15-10)9(6)7/h2-4,15H,13H2,1H3,(H,16,17). The molecule has 0 aliphatic carbocycles. The fraction of sp³-hybridized carbons (Fsp3) is 0.0833. The average Bonchev–Trinajstić information content (AvgIpc) is 2.66. The van der Waals surface area contributed by atoms with Crippen molar-refractivity contribution in [2.24, 2.45) is 5.10 Å². The number of carbonyl (C=O) groups is 2. The maximum atomic E-state index is 11.9. The summed E-state index contributed by atoms with van der Waals surface area (Å²) in [7, 11) is 1.28. The van der Waals surface area contributed by atoms with Crippen LogP contribution in [0.5, 0.6) is 0 Å². The van der Waals surface area contributed by atoms with E-state index in [-0.39, 0.29) is 11.6 Å². The lowest BCUT2D eigenvalue weighted by Gasteiger charge is -2.02. The van der Waals surface area contributed by atoms with Crippen molar-refractivity contribution in [3.05, 3.63) is 29.0 Å². The van der Waals surface area contributed by atoms with Crippen LogP contribution < -0.4 is 11.2 Å². The Morgan fingerprint density at radius 1 is 1.42 bits per heavy atom. The Kier molecular flexibility index (Phi) is 2.28. The third-order valence-electron chi connectivity index (χ3n) is 2.95. The van der Waals surface area contributed by atoms with E-state index in [0.717, 1.165) is 0 Å². The Bertz CT molecular complexity index is 745. The van der Waals surface area contributed by atoms with Gasteiger partial charge in [-0.1, -0.05) is 0 Å². The molecule has 3 rings (SSSR count). The van der Waals surface area contributed by atoms with Crippen molar-refractivity contribution in [2.45, 2.75) is 0 Å². The minimum absolute atomic E-state index is 0.240. The molecule has 1 aromatic heterocycles. The molecule has 0 saturated heterocycles. The summed E-state index contributed by atoms with van der Waals surface area (Å²) < 4.78 is 4.70. The van der Waals surface area contributed by atoms with E-state index in [2.05, 4.69) is 15.5 Å². The van der Waals surface area contributed by atoms with Gasteiger partial charge < -0.3 is 15.5 Å². The normalized spacial score (nSPS) is 13.2. The van der Waals surface area contributed by atoms with E-state index in [1.165, 1.54) is 13.3 Å². The van der Waals surface area contributed by atoms with E-state index in [0.29, 0.717) is 27.7 Å². The fourth-order valence-electron chi connectivity index (χ4n) is 2.17. The Labute approximate surface area is 107 Å². The zero-order valence-electron chi connectivity index (χ0n) is 9.98. The number of rotatable bonds is 1. The number of carbonyl (C=O) groups excluding carboxylic acids is 2. The lowest BCUT2D eigenvalue weighted by atomic mass is 10.0. The first-order chi connectivity index (χ1) is 9.11. The number of anilines is 1. The van der Waals surface area contributed by atoms with Crippen LogP contribution in [0.3, 0.4) is 0 Å². The van der Waals surface area contributed by atoms with E-state index < -0.39 is 5.97 Å². The minimum atomic E-state index is -0.531. The van der Waals surface area contributed by atoms with Crippen LogP contribution in [0.4, 0.5) is 5.69 Å². The molecule has 1 amide bonds. The molecular weight excluding hydrogens is 248 g/mol. The van der Waals surface area contributed by atoms with Gasteiger partial charge in [0.05, 0.1) is 18.9 Å². The number of benzene rings is 1. The average molecular weight is 258 g/mol. The second-order valence-electron chi connectivity index (χ2n) is 4.10. The van der Waals surface area contributed by atoms with Gasteiger partial charge in [-0.3, -0.25) is 4.79 Å². The molecule has 19 heavy (non-hydrogen) atoms. The number of amides is 1. The van der Waals surface area contributed by atoms with Crippen molar-refractivity contribution in [1.82, 2.24) is 10.4 Å². The van der Waals surface area contributed by atoms with Gasteiger partial charge in [-0.25, -0.2) is 10.2 Å². The van der Waals surface area contributed by atoms with Crippen LogP contribution in [0, 0.1) is 0 Å². The largest absolute Gasteiger partial charge is 0.464 e. The molecule has 0 atom stereocenters. The lowest BCUT2D eigenvalue weighted by Crippen LogP contribution is -2.16. The number of aromatic nitrogens is 1. The van der Waals surface area contributed by atoms with Crippen molar-refractivity contribution >= 4 is 34.7 Å². The van der Waals surface area contributed by atoms with Gasteiger partial charge in [0, 0.05) is 22.2 Å². The van der Waals surface area contributed by atoms with Crippen LogP contribution in [-0.2, 0) is 4.74 Å². The van der Waals surface area contributed by atoms with Gasteiger partial charge in [0.2, 0.25) is 0 Å². The molecular formula is C12H10N4O3. The number of nitrogen functional groups attached to an aromatic ring is 1. The molecule has 0 spiro atoms. The number of hydrogen-bond donors (Lipinski definition) is 3. The predicted octanol–water partition coefficient (Wildman–Crippen LogP) is 0.614. The highest BCUT2D eigenvalue weighted by molar-refractivity contribution is 6.18. The van der Waals surface area contributed by atoms with E-state index in [1.54, 1.807) is 12.1 Å². The molecule has 2 heterocycles. The number of H-pyrrole nitrogens is 1. The van der Waals surface area contributed by atoms with Crippen molar-refractivity contribution < 1.29 is 14.3 Å². The van der Waals surface area contributed by atoms with Crippen LogP contribution in [0.2, 0.25) is 0 Å². The summed E-state index contributed by atoms with van der Waals surface area (Å²) in [6.07, 6.45) is 1.41. The predicted molar refractivity (Wildman–Crippen MR) is 69.1 cm³/mol. The molecule has 1 aliphatic rings. The van der Waals surface area contributed by atoms with Gasteiger partial charge in [0.25, 0.3) is 5.91 Å². The van der Waals surface area contributed by atoms with Gasteiger partial charge in [-0.15, -0.1) is 0 Å². The third-order valence-corrected chi connectivity index (χ3v) is 2.95. The fourth-order valence-corrected chi connectivity index (χ4v) is 2.17. The summed E-state index contributed by atoms with van der Waals surface area (Å²) >= 11 is 0. The molecule has 0 bridgehead atoms. The highest BCUT2D eigenvalue weighted by Crippen LogP contribution is 2.29. The number of methoxy groups -OCH3 is 1. The number of esters is 1. The zero-order valence-corrected chi connectivity index (χ0v) is 9.98. The number of nitrogens with one attached hydrogen (secondary N) is 2. The number of nitrogens with zero attached hydrogens (tertiary/aromatic N) is 1. The van der Waals surface area contributed by atoms with Gasteiger partial charge >= 0.3 is 5.97 Å². The van der Waals surface area contributed by atoms with Crippen molar-refractivity contribution in [1.29, 1.82) is 0 Å². The Balaban J connectivity index is 2.44. The highest BCUT2D eigenvalue weighted by Gasteiger charge is 2.24. The molecule has 7 heteroatoms. The van der Waals surface area contributed by atoms with Crippen LogP contribution >= 0.6 is 0 Å². The molecule has 0 unspecified atom stereocenters. The topological polar surface area (TPSA) is 110 Å². The maximum Gasteiger partial charge on any atom is 0.355 e. The summed E-state index contributed by atoms with van der Waals surface area (Å²) in [4.78, 5) is 26.5. The Morgan fingerprint density at radius 2 is 2.21 bits per heavy atom. The second kappa shape index (κ2) is 3.84. The number of hydrazone groups is 1. The third kappa shape index (κ3) is 1.55. The summed E-state index contributed by atoms with van der Waals surface area (Å²) in [6, 6.07) is 3.20. The lowest BCUT2D eigenvalue weighted by molar-refractivity contribution is 0.0595. The van der Waals surface area contributed by atoms with Gasteiger partial charge in [0.1, 0.15) is 5.69 Å². The first kappa shape index (κ1) is 11.3. The number of hydrogen-bond acceptors (Lipinski definition) is 5. The van der Waals surface area contributed by atoms with Crippen LogP contribution in [-0.4, -0.2) is 30.2 Å². The SMILES string of the molecule is COC(=O)c1[nH]c2cc(N)cc3c2c1C=NNC3=O. The highest BCUT2D eigenvalue weighted by atomic mass is 16.5. The summed E-state index contributed by atoms with van der Waals surface area (Å²) in [5, 5.41) is 4.38.